The molecule has 0 spiro atoms. The van der Waals surface area contributed by atoms with E-state index in [1.54, 1.807) is 6.20 Å². The molecule has 0 aromatic carbocycles. The number of nitrogens with one attached hydrogen (secondary N) is 1. The maximum Gasteiger partial charge on any atom is 0.126 e. The van der Waals surface area contributed by atoms with E-state index in [4.69, 9.17) is 0 Å². The molecule has 0 amide bonds. The van der Waals surface area contributed by atoms with E-state index in [1.807, 2.05) is 32.3 Å². The Kier molecular flexibility index (Phi) is 2.86. The molecule has 3 heteroatoms. The Bertz CT molecular complexity index is 196. The van der Waals surface area contributed by atoms with E-state index in [9.17, 15) is 0 Å². The quantitative estimate of drug-likeness (QED) is 0.653. The summed E-state index contributed by atoms with van der Waals surface area (Å²) in [5, 5.41) is 3.16. The first-order chi connectivity index (χ1) is 5.29. The van der Waals surface area contributed by atoms with Crippen LogP contribution in [0.4, 0.5) is 5.82 Å². The van der Waals surface area contributed by atoms with Gasteiger partial charge in [0.2, 0.25) is 0 Å². The Morgan fingerprint density at radius 2 is 2.27 bits per heavy atom. The Balaban J connectivity index is 2.39. The summed E-state index contributed by atoms with van der Waals surface area (Å²) < 4.78 is 0. The zero-order valence-electron chi connectivity index (χ0n) is 6.91. The predicted octanol–water partition coefficient (Wildman–Crippen LogP) is 1.01. The average Bonchev–Trinajstić information content (AvgIpc) is 2.03. The zero-order valence-corrected chi connectivity index (χ0v) is 6.91. The first-order valence-corrected chi connectivity index (χ1v) is 3.58. The summed E-state index contributed by atoms with van der Waals surface area (Å²) in [5.74, 6) is 0.918. The van der Waals surface area contributed by atoms with Crippen molar-refractivity contribution < 1.29 is 0 Å². The SMILES string of the molecule is CN(C)CNc1ccccn1. The molecule has 0 atom stereocenters. The highest BCUT2D eigenvalue weighted by atomic mass is 15.2. The van der Waals surface area contributed by atoms with Gasteiger partial charge in [-0.1, -0.05) is 6.07 Å². The van der Waals surface area contributed by atoms with Crippen molar-refractivity contribution in [3.05, 3.63) is 24.4 Å². The van der Waals surface area contributed by atoms with Crippen molar-refractivity contribution >= 4 is 5.82 Å². The van der Waals surface area contributed by atoms with Crippen LogP contribution in [-0.4, -0.2) is 30.6 Å². The van der Waals surface area contributed by atoms with Gasteiger partial charge in [-0.25, -0.2) is 4.98 Å². The molecule has 1 aromatic rings. The highest BCUT2D eigenvalue weighted by molar-refractivity contribution is 5.32. The molecular formula is C8H13N3. The molecule has 0 radical (unpaired) electrons. The van der Waals surface area contributed by atoms with Crippen LogP contribution in [0.2, 0.25) is 0 Å². The van der Waals surface area contributed by atoms with Gasteiger partial charge in [-0.05, 0) is 26.2 Å². The number of rotatable bonds is 3. The molecule has 11 heavy (non-hydrogen) atoms. The normalized spacial score (nSPS) is 10.1. The van der Waals surface area contributed by atoms with Gasteiger partial charge in [-0.2, -0.15) is 0 Å². The Hall–Kier alpha value is -1.09. The molecule has 0 bridgehead atoms. The third kappa shape index (κ3) is 3.00. The Labute approximate surface area is 67.1 Å². The van der Waals surface area contributed by atoms with Crippen molar-refractivity contribution in [3.63, 3.8) is 0 Å². The minimum Gasteiger partial charge on any atom is -0.357 e. The summed E-state index contributed by atoms with van der Waals surface area (Å²) in [5.41, 5.74) is 0. The molecule has 0 fully saturated rings. The van der Waals surface area contributed by atoms with Gasteiger partial charge in [0.15, 0.2) is 0 Å². The Morgan fingerprint density at radius 3 is 2.82 bits per heavy atom. The molecule has 60 valence electrons. The van der Waals surface area contributed by atoms with Crippen molar-refractivity contribution in [2.45, 2.75) is 0 Å². The summed E-state index contributed by atoms with van der Waals surface area (Å²) in [6.45, 7) is 0.816. The summed E-state index contributed by atoms with van der Waals surface area (Å²) in [6, 6.07) is 5.81. The summed E-state index contributed by atoms with van der Waals surface area (Å²) >= 11 is 0. The second-order valence-electron chi connectivity index (χ2n) is 2.63. The Morgan fingerprint density at radius 1 is 1.45 bits per heavy atom. The monoisotopic (exact) mass is 151 g/mol. The van der Waals surface area contributed by atoms with E-state index in [0.717, 1.165) is 12.5 Å². The lowest BCUT2D eigenvalue weighted by Gasteiger charge is -2.10. The molecule has 1 heterocycles. The van der Waals surface area contributed by atoms with Gasteiger partial charge >= 0.3 is 0 Å². The van der Waals surface area contributed by atoms with E-state index >= 15 is 0 Å². The van der Waals surface area contributed by atoms with Crippen LogP contribution in [0.1, 0.15) is 0 Å². The zero-order chi connectivity index (χ0) is 8.10. The van der Waals surface area contributed by atoms with Crippen molar-refractivity contribution in [1.29, 1.82) is 0 Å². The van der Waals surface area contributed by atoms with Gasteiger partial charge in [0.25, 0.3) is 0 Å². The second-order valence-corrected chi connectivity index (χ2v) is 2.63. The fraction of sp³-hybridized carbons (Fsp3) is 0.375. The fourth-order valence-corrected chi connectivity index (χ4v) is 0.706. The standard InChI is InChI=1S/C8H13N3/c1-11(2)7-10-8-5-3-4-6-9-8/h3-6H,7H2,1-2H3,(H,9,10). The largest absolute Gasteiger partial charge is 0.357 e. The van der Waals surface area contributed by atoms with Crippen molar-refractivity contribution in [3.8, 4) is 0 Å². The molecule has 1 aromatic heterocycles. The molecule has 0 saturated heterocycles. The molecule has 0 aliphatic heterocycles. The van der Waals surface area contributed by atoms with Crippen molar-refractivity contribution in [2.75, 3.05) is 26.1 Å². The molecule has 0 unspecified atom stereocenters. The van der Waals surface area contributed by atoms with Gasteiger partial charge < -0.3 is 5.32 Å². The van der Waals surface area contributed by atoms with Crippen molar-refractivity contribution in [2.24, 2.45) is 0 Å². The fourth-order valence-electron chi connectivity index (χ4n) is 0.706. The molecule has 1 N–H and O–H groups in total. The number of nitrogens with zero attached hydrogens (tertiary/aromatic N) is 2. The first-order valence-electron chi connectivity index (χ1n) is 3.58. The molecule has 0 aliphatic rings. The molecular weight excluding hydrogens is 138 g/mol. The van der Waals surface area contributed by atoms with Crippen LogP contribution in [0.3, 0.4) is 0 Å². The van der Waals surface area contributed by atoms with Crippen LogP contribution in [0.5, 0.6) is 0 Å². The third-order valence-corrected chi connectivity index (χ3v) is 1.24. The van der Waals surface area contributed by atoms with Gasteiger partial charge in [0, 0.05) is 6.20 Å². The molecule has 3 nitrogen and oxygen atoms in total. The lowest BCUT2D eigenvalue weighted by molar-refractivity contribution is 0.439. The first kappa shape index (κ1) is 8.01. The lowest BCUT2D eigenvalue weighted by atomic mass is 10.5. The van der Waals surface area contributed by atoms with Crippen molar-refractivity contribution in [1.82, 2.24) is 9.88 Å². The number of aromatic nitrogens is 1. The van der Waals surface area contributed by atoms with Crippen LogP contribution < -0.4 is 5.32 Å². The van der Waals surface area contributed by atoms with E-state index in [2.05, 4.69) is 15.2 Å². The van der Waals surface area contributed by atoms with Gasteiger partial charge in [-0.15, -0.1) is 0 Å². The van der Waals surface area contributed by atoms with Gasteiger partial charge in [0.1, 0.15) is 5.82 Å². The van der Waals surface area contributed by atoms with Gasteiger partial charge in [-0.3, -0.25) is 4.90 Å². The third-order valence-electron chi connectivity index (χ3n) is 1.24. The molecule has 1 rings (SSSR count). The average molecular weight is 151 g/mol. The van der Waals surface area contributed by atoms with E-state index in [1.165, 1.54) is 0 Å². The minimum atomic E-state index is 0.816. The van der Waals surface area contributed by atoms with Crippen LogP contribution in [-0.2, 0) is 0 Å². The van der Waals surface area contributed by atoms with Crippen LogP contribution in [0, 0.1) is 0 Å². The molecule has 0 saturated carbocycles. The number of hydrogen-bond donors (Lipinski definition) is 1. The minimum absolute atomic E-state index is 0.816. The predicted molar refractivity (Wildman–Crippen MR) is 46.4 cm³/mol. The van der Waals surface area contributed by atoms with Crippen LogP contribution >= 0.6 is 0 Å². The van der Waals surface area contributed by atoms with Crippen LogP contribution in [0.15, 0.2) is 24.4 Å². The highest BCUT2D eigenvalue weighted by Gasteiger charge is 1.90. The topological polar surface area (TPSA) is 28.2 Å². The highest BCUT2D eigenvalue weighted by Crippen LogP contribution is 1.98. The molecule has 0 aliphatic carbocycles. The summed E-state index contributed by atoms with van der Waals surface area (Å²) in [4.78, 5) is 6.16. The van der Waals surface area contributed by atoms with E-state index in [0.29, 0.717) is 0 Å². The summed E-state index contributed by atoms with van der Waals surface area (Å²) in [6.07, 6.45) is 1.78. The number of hydrogen-bond acceptors (Lipinski definition) is 3. The smallest absolute Gasteiger partial charge is 0.126 e. The second kappa shape index (κ2) is 3.93. The number of pyridine rings is 1. The van der Waals surface area contributed by atoms with Crippen LogP contribution in [0.25, 0.3) is 0 Å². The van der Waals surface area contributed by atoms with E-state index < -0.39 is 0 Å². The lowest BCUT2D eigenvalue weighted by Crippen LogP contribution is -2.20. The maximum absolute atomic E-state index is 4.11. The number of anilines is 1. The summed E-state index contributed by atoms with van der Waals surface area (Å²) in [7, 11) is 4.02. The van der Waals surface area contributed by atoms with Gasteiger partial charge in [0.05, 0.1) is 6.67 Å². The maximum atomic E-state index is 4.11. The van der Waals surface area contributed by atoms with E-state index in [-0.39, 0.29) is 0 Å².